The molecule has 0 unspecified atom stereocenters. The van der Waals surface area contributed by atoms with Gasteiger partial charge in [-0.2, -0.15) is 0 Å². The van der Waals surface area contributed by atoms with Crippen LogP contribution in [0.4, 0.5) is 0 Å². The molecule has 1 fully saturated rings. The van der Waals surface area contributed by atoms with Crippen LogP contribution in [0.3, 0.4) is 0 Å². The Bertz CT molecular complexity index is 646. The molecule has 1 N–H and O–H groups in total. The number of imidazole rings is 1. The van der Waals surface area contributed by atoms with E-state index in [1.54, 1.807) is 10.6 Å². The predicted molar refractivity (Wildman–Crippen MR) is 64.5 cm³/mol. The van der Waals surface area contributed by atoms with Gasteiger partial charge in [0, 0.05) is 25.3 Å². The van der Waals surface area contributed by atoms with Gasteiger partial charge in [-0.25, -0.2) is 9.78 Å². The molecule has 1 saturated heterocycles. The molecule has 2 aromatic heterocycles. The molecule has 17 heavy (non-hydrogen) atoms. The molecule has 0 saturated carbocycles. The normalized spacial score (nSPS) is 18.5. The van der Waals surface area contributed by atoms with Gasteiger partial charge in [0.1, 0.15) is 5.15 Å². The predicted octanol–water partition coefficient (Wildman–Crippen LogP) is 1.73. The number of nitrogens with one attached hydrogen (secondary N) is 1. The summed E-state index contributed by atoms with van der Waals surface area (Å²) in [6.07, 6.45) is 1.58. The lowest BCUT2D eigenvalue weighted by Gasteiger charge is -2.23. The van der Waals surface area contributed by atoms with Crippen molar-refractivity contribution in [2.75, 3.05) is 13.2 Å². The first-order valence-electron chi connectivity index (χ1n) is 6.02. The molecule has 3 heterocycles. The number of rotatable bonds is 1. The van der Waals surface area contributed by atoms with Gasteiger partial charge in [0.2, 0.25) is 0 Å². The van der Waals surface area contributed by atoms with Crippen molar-refractivity contribution in [3.8, 4) is 0 Å². The highest BCUT2D eigenvalue weighted by Gasteiger charge is 2.20. The quantitative estimate of drug-likeness (QED) is 0.789. The number of nitrogens with zero attached hydrogens (tertiary/aromatic N) is 2. The fraction of sp³-hybridized carbons (Fsp3) is 0.455. The Morgan fingerprint density at radius 3 is 3.12 bits per heavy atom. The molecule has 5 nitrogen and oxygen atoms in total. The van der Waals surface area contributed by atoms with Gasteiger partial charge in [-0.1, -0.05) is 11.6 Å². The average Bonchev–Trinajstić information content (AvgIpc) is 2.67. The Morgan fingerprint density at radius 1 is 1.59 bits per heavy atom. The molecular weight excluding hydrogens is 242 g/mol. The number of hydrogen-bond donors (Lipinski definition) is 1. The molecule has 0 atom stereocenters. The summed E-state index contributed by atoms with van der Waals surface area (Å²) in [4.78, 5) is 18.5. The van der Waals surface area contributed by atoms with Gasteiger partial charge in [0.05, 0.1) is 18.6 Å². The van der Waals surface area contributed by atoms with Gasteiger partial charge < -0.3 is 9.72 Å². The zero-order valence-corrected chi connectivity index (χ0v) is 9.83. The molecule has 0 spiro atoms. The van der Waals surface area contributed by atoms with Gasteiger partial charge in [0.15, 0.2) is 0 Å². The number of pyridine rings is 1. The largest absolute Gasteiger partial charge is 0.381 e. The number of aromatic amines is 1. The molecule has 3 rings (SSSR count). The number of aromatic nitrogens is 3. The molecule has 6 heteroatoms. The highest BCUT2D eigenvalue weighted by atomic mass is 35.5. The molecule has 0 bridgehead atoms. The molecular formula is C11H12ClN3O2. The second-order valence-corrected chi connectivity index (χ2v) is 4.48. The Kier molecular flexibility index (Phi) is 2.37. The highest BCUT2D eigenvalue weighted by molar-refractivity contribution is 6.29. The van der Waals surface area contributed by atoms with Crippen LogP contribution in [-0.4, -0.2) is 27.7 Å². The van der Waals surface area contributed by atoms with Crippen molar-refractivity contribution < 1.29 is 6.11 Å². The van der Waals surface area contributed by atoms with Crippen molar-refractivity contribution >= 4 is 22.6 Å². The van der Waals surface area contributed by atoms with E-state index in [1.807, 2.05) is 0 Å². The van der Waals surface area contributed by atoms with Crippen LogP contribution in [0.2, 0.25) is 5.15 Å². The summed E-state index contributed by atoms with van der Waals surface area (Å²) in [5, 5.41) is 0.229. The first kappa shape index (κ1) is 9.67. The Balaban J connectivity index is 2.21. The SMILES string of the molecule is [2H]c1nc(Cl)cc2c1[nH]c(=O)n2C1CCOCC1. The van der Waals surface area contributed by atoms with Crippen LogP contribution in [0.5, 0.6) is 0 Å². The number of hydrogen-bond acceptors (Lipinski definition) is 3. The first-order valence-corrected chi connectivity index (χ1v) is 5.89. The number of fused-ring (bicyclic) bond motifs is 1. The molecule has 0 amide bonds. The van der Waals surface area contributed by atoms with Crippen LogP contribution >= 0.6 is 11.6 Å². The maximum Gasteiger partial charge on any atom is 0.326 e. The lowest BCUT2D eigenvalue weighted by atomic mass is 10.1. The van der Waals surface area contributed by atoms with Crippen LogP contribution in [-0.2, 0) is 4.74 Å². The van der Waals surface area contributed by atoms with E-state index in [2.05, 4.69) is 9.97 Å². The van der Waals surface area contributed by atoms with Crippen molar-refractivity contribution in [3.05, 3.63) is 27.9 Å². The molecule has 1 aliphatic heterocycles. The molecule has 0 radical (unpaired) electrons. The minimum absolute atomic E-state index is 0.000379. The average molecular weight is 255 g/mol. The summed E-state index contributed by atoms with van der Waals surface area (Å²) < 4.78 is 14.7. The minimum atomic E-state index is -0.213. The lowest BCUT2D eigenvalue weighted by Crippen LogP contribution is -2.27. The number of H-pyrrole nitrogens is 1. The summed E-state index contributed by atoms with van der Waals surface area (Å²) in [6, 6.07) is 1.72. The second-order valence-electron chi connectivity index (χ2n) is 4.09. The van der Waals surface area contributed by atoms with Crippen molar-refractivity contribution in [1.82, 2.24) is 14.5 Å². The van der Waals surface area contributed by atoms with Gasteiger partial charge in [0.25, 0.3) is 0 Å². The lowest BCUT2D eigenvalue weighted by molar-refractivity contribution is 0.0698. The zero-order chi connectivity index (χ0) is 12.7. The maximum atomic E-state index is 12.0. The second kappa shape index (κ2) is 4.16. The van der Waals surface area contributed by atoms with Crippen LogP contribution in [0, 0.1) is 0 Å². The van der Waals surface area contributed by atoms with Crippen LogP contribution in [0.25, 0.3) is 11.0 Å². The van der Waals surface area contributed by atoms with Crippen LogP contribution in [0.15, 0.2) is 17.0 Å². The third kappa shape index (κ3) is 1.85. The topological polar surface area (TPSA) is 59.9 Å². The summed E-state index contributed by atoms with van der Waals surface area (Å²) in [7, 11) is 0. The van der Waals surface area contributed by atoms with Crippen molar-refractivity contribution in [2.24, 2.45) is 0 Å². The number of ether oxygens (including phenoxy) is 1. The van der Waals surface area contributed by atoms with Gasteiger partial charge in [-0.15, -0.1) is 0 Å². The summed E-state index contributed by atoms with van der Waals surface area (Å²) in [6.45, 7) is 1.30. The van der Waals surface area contributed by atoms with E-state index in [0.717, 1.165) is 12.8 Å². The monoisotopic (exact) mass is 254 g/mol. The summed E-state index contributed by atoms with van der Waals surface area (Å²) in [5.41, 5.74) is 0.877. The van der Waals surface area contributed by atoms with Crippen molar-refractivity contribution in [3.63, 3.8) is 0 Å². The zero-order valence-electron chi connectivity index (χ0n) is 10.1. The van der Waals surface area contributed by atoms with Gasteiger partial charge >= 0.3 is 5.69 Å². The van der Waals surface area contributed by atoms with E-state index in [0.29, 0.717) is 24.2 Å². The molecule has 2 aromatic rings. The third-order valence-corrected chi connectivity index (χ3v) is 3.25. The summed E-state index contributed by atoms with van der Waals surface area (Å²) >= 11 is 5.86. The third-order valence-electron chi connectivity index (χ3n) is 3.05. The molecule has 1 aliphatic rings. The van der Waals surface area contributed by atoms with Crippen molar-refractivity contribution in [1.29, 1.82) is 0 Å². The maximum absolute atomic E-state index is 12.0. The van der Waals surface area contributed by atoms with Crippen LogP contribution < -0.4 is 5.69 Å². The van der Waals surface area contributed by atoms with Gasteiger partial charge in [-0.3, -0.25) is 4.57 Å². The van der Waals surface area contributed by atoms with E-state index in [-0.39, 0.29) is 23.1 Å². The smallest absolute Gasteiger partial charge is 0.326 e. The fourth-order valence-corrected chi connectivity index (χ4v) is 2.39. The standard InChI is InChI=1S/C11H12ClN3O2/c12-10-5-9-8(6-13-10)14-11(16)15(9)7-1-3-17-4-2-7/h5-7H,1-4H2,(H,14,16)/i6D. The van der Waals surface area contributed by atoms with E-state index in [4.69, 9.17) is 17.7 Å². The Labute approximate surface area is 104 Å². The fourth-order valence-electron chi connectivity index (χ4n) is 2.25. The van der Waals surface area contributed by atoms with Gasteiger partial charge in [-0.05, 0) is 12.8 Å². The highest BCUT2D eigenvalue weighted by Crippen LogP contribution is 2.24. The van der Waals surface area contributed by atoms with Crippen LogP contribution in [0.1, 0.15) is 20.3 Å². The van der Waals surface area contributed by atoms with E-state index in [1.165, 1.54) is 0 Å². The Hall–Kier alpha value is -1.33. The van der Waals surface area contributed by atoms with E-state index >= 15 is 0 Å². The first-order chi connectivity index (χ1) is 8.66. The minimum Gasteiger partial charge on any atom is -0.381 e. The molecule has 90 valence electrons. The van der Waals surface area contributed by atoms with Crippen molar-refractivity contribution in [2.45, 2.75) is 18.9 Å². The molecule has 0 aliphatic carbocycles. The van der Waals surface area contributed by atoms with E-state index in [9.17, 15) is 4.79 Å². The summed E-state index contributed by atoms with van der Waals surface area (Å²) in [5.74, 6) is 0. The van der Waals surface area contributed by atoms with E-state index < -0.39 is 0 Å². The number of halogens is 1. The Morgan fingerprint density at radius 2 is 2.35 bits per heavy atom. The molecule has 0 aromatic carbocycles.